The zero-order valence-corrected chi connectivity index (χ0v) is 15.2. The summed E-state index contributed by atoms with van der Waals surface area (Å²) in [6.07, 6.45) is 10.0. The highest BCUT2D eigenvalue weighted by atomic mass is 16.2. The van der Waals surface area contributed by atoms with E-state index in [2.05, 4.69) is 11.4 Å². The lowest BCUT2D eigenvalue weighted by atomic mass is 9.81. The highest BCUT2D eigenvalue weighted by molar-refractivity contribution is 5.93. The maximum atomic E-state index is 13.2. The van der Waals surface area contributed by atoms with E-state index in [0.29, 0.717) is 6.42 Å². The van der Waals surface area contributed by atoms with E-state index >= 15 is 0 Å². The van der Waals surface area contributed by atoms with Crippen molar-refractivity contribution in [2.24, 2.45) is 5.92 Å². The molecule has 4 heteroatoms. The quantitative estimate of drug-likeness (QED) is 0.913. The summed E-state index contributed by atoms with van der Waals surface area (Å²) in [4.78, 5) is 27.6. The van der Waals surface area contributed by atoms with Crippen molar-refractivity contribution in [3.63, 3.8) is 0 Å². The summed E-state index contributed by atoms with van der Waals surface area (Å²) in [6, 6.07) is 9.92. The Morgan fingerprint density at radius 2 is 1.88 bits per heavy atom. The molecule has 1 aromatic carbocycles. The maximum absolute atomic E-state index is 13.2. The summed E-state index contributed by atoms with van der Waals surface area (Å²) in [5.74, 6) is -0.108. The Hall–Kier alpha value is -2.10. The number of amides is 2. The molecule has 0 aromatic heterocycles. The molecule has 4 nitrogen and oxygen atoms in total. The number of carbonyl (C=O) groups excluding carboxylic acids is 2. The molecule has 3 rings (SSSR count). The Morgan fingerprint density at radius 3 is 2.56 bits per heavy atom. The predicted molar refractivity (Wildman–Crippen MR) is 98.7 cm³/mol. The van der Waals surface area contributed by atoms with E-state index in [1.54, 1.807) is 0 Å². The minimum Gasteiger partial charge on any atom is -0.341 e. The third-order valence-corrected chi connectivity index (χ3v) is 5.70. The summed E-state index contributed by atoms with van der Waals surface area (Å²) >= 11 is 0. The molecule has 134 valence electrons. The van der Waals surface area contributed by atoms with Crippen LogP contribution in [-0.2, 0) is 16.0 Å². The van der Waals surface area contributed by atoms with Gasteiger partial charge in [-0.05, 0) is 25.3 Å². The van der Waals surface area contributed by atoms with Crippen molar-refractivity contribution >= 4 is 11.8 Å². The second-order valence-corrected chi connectivity index (χ2v) is 7.55. The van der Waals surface area contributed by atoms with Crippen LogP contribution in [0.25, 0.3) is 0 Å². The van der Waals surface area contributed by atoms with Gasteiger partial charge in [0.25, 0.3) is 5.91 Å². The molecule has 1 fully saturated rings. The molecule has 1 aliphatic carbocycles. The first-order valence-corrected chi connectivity index (χ1v) is 9.37. The number of hydrogen-bond acceptors (Lipinski definition) is 2. The van der Waals surface area contributed by atoms with E-state index in [1.807, 2.05) is 55.3 Å². The van der Waals surface area contributed by atoms with Gasteiger partial charge in [-0.2, -0.15) is 0 Å². The molecule has 1 aromatic rings. The van der Waals surface area contributed by atoms with Crippen molar-refractivity contribution in [1.82, 2.24) is 10.2 Å². The van der Waals surface area contributed by atoms with Crippen LogP contribution in [0.3, 0.4) is 0 Å². The average molecular weight is 340 g/mol. The monoisotopic (exact) mass is 340 g/mol. The van der Waals surface area contributed by atoms with Gasteiger partial charge in [-0.1, -0.05) is 62.6 Å². The maximum Gasteiger partial charge on any atom is 0.252 e. The Bertz CT molecular complexity index is 649. The second-order valence-electron chi connectivity index (χ2n) is 7.55. The van der Waals surface area contributed by atoms with Crippen molar-refractivity contribution in [3.8, 4) is 0 Å². The van der Waals surface area contributed by atoms with E-state index < -0.39 is 5.54 Å². The van der Waals surface area contributed by atoms with Gasteiger partial charge in [-0.15, -0.1) is 0 Å². The van der Waals surface area contributed by atoms with Crippen LogP contribution in [0, 0.1) is 5.92 Å². The van der Waals surface area contributed by atoms with Gasteiger partial charge in [0.15, 0.2) is 0 Å². The SMILES string of the molecule is CC1C=CN(C2CCCCC2)C(=O)C1(C)NC(=O)Cc1ccccc1. The predicted octanol–water partition coefficient (Wildman–Crippen LogP) is 3.43. The van der Waals surface area contributed by atoms with Gasteiger partial charge < -0.3 is 10.2 Å². The molecule has 25 heavy (non-hydrogen) atoms. The lowest BCUT2D eigenvalue weighted by Crippen LogP contribution is -2.63. The lowest BCUT2D eigenvalue weighted by molar-refractivity contribution is -0.143. The highest BCUT2D eigenvalue weighted by Crippen LogP contribution is 2.31. The lowest BCUT2D eigenvalue weighted by Gasteiger charge is -2.44. The normalized spacial score (nSPS) is 27.4. The zero-order chi connectivity index (χ0) is 17.9. The minimum atomic E-state index is -0.877. The topological polar surface area (TPSA) is 49.4 Å². The Balaban J connectivity index is 1.72. The number of nitrogens with zero attached hydrogens (tertiary/aromatic N) is 1. The fourth-order valence-corrected chi connectivity index (χ4v) is 3.87. The number of nitrogens with one attached hydrogen (secondary N) is 1. The van der Waals surface area contributed by atoms with E-state index in [0.717, 1.165) is 18.4 Å². The minimum absolute atomic E-state index is 0.0239. The molecule has 0 saturated heterocycles. The van der Waals surface area contributed by atoms with Gasteiger partial charge in [-0.25, -0.2) is 0 Å². The molecule has 1 aliphatic heterocycles. The summed E-state index contributed by atoms with van der Waals surface area (Å²) in [5.41, 5.74) is 0.0807. The fourth-order valence-electron chi connectivity index (χ4n) is 3.87. The standard InChI is InChI=1S/C21H28N2O2/c1-16-13-14-23(18-11-7-4-8-12-18)20(25)21(16,2)22-19(24)15-17-9-5-3-6-10-17/h3,5-6,9-10,13-14,16,18H,4,7-8,11-12,15H2,1-2H3,(H,22,24). The van der Waals surface area contributed by atoms with Gasteiger partial charge in [0.1, 0.15) is 5.54 Å². The van der Waals surface area contributed by atoms with Crippen LogP contribution in [0.5, 0.6) is 0 Å². The van der Waals surface area contributed by atoms with E-state index in [4.69, 9.17) is 0 Å². The molecule has 2 aliphatic rings. The van der Waals surface area contributed by atoms with Crippen LogP contribution >= 0.6 is 0 Å². The summed E-state index contributed by atoms with van der Waals surface area (Å²) < 4.78 is 0. The molecule has 0 bridgehead atoms. The average Bonchev–Trinajstić information content (AvgIpc) is 2.62. The van der Waals surface area contributed by atoms with Gasteiger partial charge in [0.2, 0.25) is 5.91 Å². The molecule has 1 heterocycles. The first-order chi connectivity index (χ1) is 12.0. The third kappa shape index (κ3) is 3.78. The largest absolute Gasteiger partial charge is 0.341 e. The molecular weight excluding hydrogens is 312 g/mol. The molecular formula is C21H28N2O2. The van der Waals surface area contributed by atoms with Crippen LogP contribution < -0.4 is 5.32 Å². The van der Waals surface area contributed by atoms with Gasteiger partial charge in [0.05, 0.1) is 6.42 Å². The molecule has 0 radical (unpaired) electrons. The second kappa shape index (κ2) is 7.42. The van der Waals surface area contributed by atoms with Crippen molar-refractivity contribution in [2.45, 2.75) is 64.0 Å². The summed E-state index contributed by atoms with van der Waals surface area (Å²) in [6.45, 7) is 3.86. The van der Waals surface area contributed by atoms with Crippen molar-refractivity contribution < 1.29 is 9.59 Å². The molecule has 2 amide bonds. The van der Waals surface area contributed by atoms with Gasteiger partial charge in [-0.3, -0.25) is 9.59 Å². The zero-order valence-electron chi connectivity index (χ0n) is 15.2. The van der Waals surface area contributed by atoms with Crippen LogP contribution in [0.2, 0.25) is 0 Å². The molecule has 0 spiro atoms. The van der Waals surface area contributed by atoms with E-state index in [-0.39, 0.29) is 23.8 Å². The van der Waals surface area contributed by atoms with E-state index in [1.165, 1.54) is 19.3 Å². The Kier molecular flexibility index (Phi) is 5.26. The Morgan fingerprint density at radius 1 is 1.20 bits per heavy atom. The third-order valence-electron chi connectivity index (χ3n) is 5.70. The van der Waals surface area contributed by atoms with Crippen LogP contribution in [0.15, 0.2) is 42.6 Å². The molecule has 2 atom stereocenters. The number of hydrogen-bond donors (Lipinski definition) is 1. The van der Waals surface area contributed by atoms with Crippen LogP contribution in [0.4, 0.5) is 0 Å². The van der Waals surface area contributed by atoms with Gasteiger partial charge in [0, 0.05) is 18.2 Å². The van der Waals surface area contributed by atoms with Crippen LogP contribution in [-0.4, -0.2) is 28.3 Å². The smallest absolute Gasteiger partial charge is 0.252 e. The molecule has 2 unspecified atom stereocenters. The number of rotatable bonds is 4. The highest BCUT2D eigenvalue weighted by Gasteiger charge is 2.45. The summed E-state index contributed by atoms with van der Waals surface area (Å²) in [5, 5.41) is 3.03. The van der Waals surface area contributed by atoms with Crippen molar-refractivity contribution in [1.29, 1.82) is 0 Å². The molecule has 1 N–H and O–H groups in total. The van der Waals surface area contributed by atoms with E-state index in [9.17, 15) is 9.59 Å². The summed E-state index contributed by atoms with van der Waals surface area (Å²) in [7, 11) is 0. The van der Waals surface area contributed by atoms with Gasteiger partial charge >= 0.3 is 0 Å². The first-order valence-electron chi connectivity index (χ1n) is 9.37. The van der Waals surface area contributed by atoms with Crippen LogP contribution in [0.1, 0.15) is 51.5 Å². The fraction of sp³-hybridized carbons (Fsp3) is 0.524. The Labute approximate surface area is 150 Å². The van der Waals surface area contributed by atoms with Crippen molar-refractivity contribution in [3.05, 3.63) is 48.2 Å². The number of benzene rings is 1. The first kappa shape index (κ1) is 17.7. The number of carbonyl (C=O) groups is 2. The molecule has 1 saturated carbocycles. The van der Waals surface area contributed by atoms with Crippen molar-refractivity contribution in [2.75, 3.05) is 0 Å².